The zero-order chi connectivity index (χ0) is 47.7. The molecular formula is C61H108O5. The molecule has 0 radical (unpaired) electrons. The van der Waals surface area contributed by atoms with Crippen LogP contribution in [0.15, 0.2) is 72.9 Å². The number of hydrogen-bond acceptors (Lipinski definition) is 5. The second-order valence-corrected chi connectivity index (χ2v) is 18.8. The van der Waals surface area contributed by atoms with E-state index in [0.717, 1.165) is 77.0 Å². The molecule has 0 saturated carbocycles. The van der Waals surface area contributed by atoms with Crippen LogP contribution in [0, 0.1) is 0 Å². The van der Waals surface area contributed by atoms with Crippen molar-refractivity contribution in [2.24, 2.45) is 0 Å². The zero-order valence-electron chi connectivity index (χ0n) is 44.0. The summed E-state index contributed by atoms with van der Waals surface area (Å²) in [6.45, 7) is 7.61. The molecule has 0 saturated heterocycles. The van der Waals surface area contributed by atoms with E-state index in [1.54, 1.807) is 0 Å². The lowest BCUT2D eigenvalue weighted by Gasteiger charge is -2.18. The summed E-state index contributed by atoms with van der Waals surface area (Å²) in [6.07, 6.45) is 73.6. The highest BCUT2D eigenvalue weighted by molar-refractivity contribution is 5.70. The Morgan fingerprint density at radius 3 is 1.03 bits per heavy atom. The lowest BCUT2D eigenvalue weighted by molar-refractivity contribution is -0.163. The van der Waals surface area contributed by atoms with Crippen LogP contribution in [0.25, 0.3) is 0 Å². The van der Waals surface area contributed by atoms with Crippen LogP contribution in [0.1, 0.15) is 278 Å². The molecule has 0 aliphatic carbocycles. The van der Waals surface area contributed by atoms with Crippen molar-refractivity contribution in [2.45, 2.75) is 284 Å². The predicted octanol–water partition coefficient (Wildman–Crippen LogP) is 19.5. The molecule has 0 spiro atoms. The average Bonchev–Trinajstić information content (AvgIpc) is 3.32. The second kappa shape index (κ2) is 56.7. The van der Waals surface area contributed by atoms with Gasteiger partial charge in [-0.2, -0.15) is 0 Å². The first-order valence-corrected chi connectivity index (χ1v) is 28.5. The van der Waals surface area contributed by atoms with E-state index in [2.05, 4.69) is 93.7 Å². The lowest BCUT2D eigenvalue weighted by atomic mass is 10.0. The Labute approximate surface area is 410 Å². The molecular weight excluding hydrogens is 813 g/mol. The van der Waals surface area contributed by atoms with Gasteiger partial charge in [-0.05, 0) is 64.2 Å². The molecule has 0 aromatic carbocycles. The highest BCUT2D eigenvalue weighted by Gasteiger charge is 2.17. The van der Waals surface area contributed by atoms with Crippen molar-refractivity contribution in [3.63, 3.8) is 0 Å². The van der Waals surface area contributed by atoms with E-state index >= 15 is 0 Å². The number of hydrogen-bond donors (Lipinski definition) is 0. The maximum Gasteiger partial charge on any atom is 0.306 e. The van der Waals surface area contributed by atoms with Gasteiger partial charge >= 0.3 is 11.9 Å². The van der Waals surface area contributed by atoms with Crippen molar-refractivity contribution in [2.75, 3.05) is 19.8 Å². The first kappa shape index (κ1) is 63.3. The molecule has 5 heteroatoms. The fourth-order valence-electron chi connectivity index (χ4n) is 8.06. The summed E-state index contributed by atoms with van der Waals surface area (Å²) in [5.74, 6) is -0.417. The van der Waals surface area contributed by atoms with Gasteiger partial charge in [-0.3, -0.25) is 9.59 Å². The number of esters is 2. The summed E-state index contributed by atoms with van der Waals surface area (Å²) >= 11 is 0. The quantitative estimate of drug-likeness (QED) is 0.0346. The van der Waals surface area contributed by atoms with Gasteiger partial charge in [0.25, 0.3) is 0 Å². The Hall–Kier alpha value is -2.66. The molecule has 0 amide bonds. The summed E-state index contributed by atoms with van der Waals surface area (Å²) in [5, 5.41) is 0. The third kappa shape index (κ3) is 54.0. The summed E-state index contributed by atoms with van der Waals surface area (Å²) in [5.41, 5.74) is 0. The van der Waals surface area contributed by atoms with Gasteiger partial charge in [0.15, 0.2) is 6.10 Å². The van der Waals surface area contributed by atoms with Gasteiger partial charge in [0.05, 0.1) is 6.61 Å². The van der Waals surface area contributed by atoms with Gasteiger partial charge in [-0.15, -0.1) is 0 Å². The Bertz CT molecular complexity index is 1180. The van der Waals surface area contributed by atoms with Crippen LogP contribution in [0.4, 0.5) is 0 Å². The molecule has 0 heterocycles. The number of allylic oxidation sites excluding steroid dienone is 12. The van der Waals surface area contributed by atoms with Crippen molar-refractivity contribution < 1.29 is 23.8 Å². The summed E-state index contributed by atoms with van der Waals surface area (Å²) in [4.78, 5) is 25.5. The monoisotopic (exact) mass is 921 g/mol. The van der Waals surface area contributed by atoms with Crippen LogP contribution in [0.5, 0.6) is 0 Å². The summed E-state index contributed by atoms with van der Waals surface area (Å²) in [7, 11) is 0. The van der Waals surface area contributed by atoms with Gasteiger partial charge in [-0.25, -0.2) is 0 Å². The van der Waals surface area contributed by atoms with Gasteiger partial charge in [0, 0.05) is 19.4 Å². The predicted molar refractivity (Wildman–Crippen MR) is 288 cm³/mol. The molecule has 0 aromatic heterocycles. The third-order valence-electron chi connectivity index (χ3n) is 12.3. The molecule has 0 N–H and O–H groups in total. The van der Waals surface area contributed by atoms with E-state index in [1.165, 1.54) is 167 Å². The van der Waals surface area contributed by atoms with E-state index in [-0.39, 0.29) is 25.2 Å². The smallest absolute Gasteiger partial charge is 0.306 e. The number of unbranched alkanes of at least 4 members (excludes halogenated alkanes) is 29. The highest BCUT2D eigenvalue weighted by Crippen LogP contribution is 2.16. The van der Waals surface area contributed by atoms with Crippen LogP contribution < -0.4 is 0 Å². The minimum Gasteiger partial charge on any atom is -0.462 e. The van der Waals surface area contributed by atoms with Gasteiger partial charge in [0.1, 0.15) is 6.61 Å². The molecule has 0 bridgehead atoms. The van der Waals surface area contributed by atoms with Crippen LogP contribution in [-0.4, -0.2) is 37.9 Å². The van der Waals surface area contributed by atoms with Crippen LogP contribution in [0.2, 0.25) is 0 Å². The zero-order valence-corrected chi connectivity index (χ0v) is 44.0. The van der Waals surface area contributed by atoms with E-state index in [1.807, 2.05) is 0 Å². The number of rotatable bonds is 52. The third-order valence-corrected chi connectivity index (χ3v) is 12.3. The SMILES string of the molecule is CC/C=C\C/C=C\C/C=C\C/C=C\C/C=C\C/C=C\CCCOCC(COC(=O)CCCCCCCCCCCCCCCCCCC)OC(=O)CCCCCCCCCCCCCCC. The molecule has 0 aromatic rings. The van der Waals surface area contributed by atoms with Crippen LogP contribution in [-0.2, 0) is 23.8 Å². The van der Waals surface area contributed by atoms with Gasteiger partial charge in [0.2, 0.25) is 0 Å². The van der Waals surface area contributed by atoms with E-state index in [4.69, 9.17) is 14.2 Å². The Kier molecular flexibility index (Phi) is 54.4. The molecule has 0 fully saturated rings. The van der Waals surface area contributed by atoms with Crippen molar-refractivity contribution in [3.8, 4) is 0 Å². The Morgan fingerprint density at radius 2 is 0.667 bits per heavy atom. The van der Waals surface area contributed by atoms with Crippen LogP contribution in [0.3, 0.4) is 0 Å². The topological polar surface area (TPSA) is 61.8 Å². The van der Waals surface area contributed by atoms with E-state index < -0.39 is 6.10 Å². The Balaban J connectivity index is 4.33. The first-order valence-electron chi connectivity index (χ1n) is 28.5. The highest BCUT2D eigenvalue weighted by atomic mass is 16.6. The minimum absolute atomic E-state index is 0.0648. The number of carbonyl (C=O) groups excluding carboxylic acids is 2. The molecule has 1 unspecified atom stereocenters. The lowest BCUT2D eigenvalue weighted by Crippen LogP contribution is -2.30. The van der Waals surface area contributed by atoms with Crippen molar-refractivity contribution >= 4 is 11.9 Å². The Morgan fingerprint density at radius 1 is 0.348 bits per heavy atom. The second-order valence-electron chi connectivity index (χ2n) is 18.8. The minimum atomic E-state index is -0.565. The average molecular weight is 922 g/mol. The fraction of sp³-hybridized carbons (Fsp3) is 0.770. The van der Waals surface area contributed by atoms with Crippen molar-refractivity contribution in [3.05, 3.63) is 72.9 Å². The summed E-state index contributed by atoms with van der Waals surface area (Å²) < 4.78 is 17.4. The molecule has 0 aliphatic rings. The molecule has 0 rings (SSSR count). The summed E-state index contributed by atoms with van der Waals surface area (Å²) in [6, 6.07) is 0. The molecule has 5 nitrogen and oxygen atoms in total. The number of ether oxygens (including phenoxy) is 3. The number of carbonyl (C=O) groups is 2. The van der Waals surface area contributed by atoms with Crippen molar-refractivity contribution in [1.82, 2.24) is 0 Å². The van der Waals surface area contributed by atoms with Crippen molar-refractivity contribution in [1.29, 1.82) is 0 Å². The molecule has 66 heavy (non-hydrogen) atoms. The van der Waals surface area contributed by atoms with E-state index in [0.29, 0.717) is 19.4 Å². The van der Waals surface area contributed by atoms with Gasteiger partial charge < -0.3 is 14.2 Å². The largest absolute Gasteiger partial charge is 0.462 e. The molecule has 1 atom stereocenters. The van der Waals surface area contributed by atoms with Gasteiger partial charge in [-0.1, -0.05) is 273 Å². The van der Waals surface area contributed by atoms with E-state index in [9.17, 15) is 9.59 Å². The fourth-order valence-corrected chi connectivity index (χ4v) is 8.06. The normalized spacial score (nSPS) is 12.7. The van der Waals surface area contributed by atoms with Crippen LogP contribution >= 0.6 is 0 Å². The standard InChI is InChI=1S/C61H108O5/c1-4-7-10-13-16-19-22-25-27-29-30-31-33-35-38-41-44-47-50-53-56-64-57-59(66-61(63)55-52-49-46-43-40-36-24-21-18-15-12-9-6-3)58-65-60(62)54-51-48-45-42-39-37-34-32-28-26-23-20-17-14-11-8-5-2/h7,10,16,19,25,27,30-31,35,38,44,47,59H,4-6,8-9,11-15,17-18,20-24,26,28-29,32-34,36-37,39-43,45-46,48-58H2,1-3H3/b10-7-,19-16-,27-25-,31-30-,38-35-,47-44-. The molecule has 382 valence electrons. The first-order chi connectivity index (χ1) is 32.6. The maximum absolute atomic E-state index is 12.8. The molecule has 0 aliphatic heterocycles. The maximum atomic E-state index is 12.8.